The van der Waals surface area contributed by atoms with Crippen molar-refractivity contribution in [1.29, 1.82) is 0 Å². The summed E-state index contributed by atoms with van der Waals surface area (Å²) in [7, 11) is 0. The van der Waals surface area contributed by atoms with Gasteiger partial charge in [-0.05, 0) is 30.3 Å². The predicted molar refractivity (Wildman–Crippen MR) is 147 cm³/mol. The van der Waals surface area contributed by atoms with Gasteiger partial charge in [-0.2, -0.15) is 0 Å². The molecule has 1 aliphatic rings. The Labute approximate surface area is 264 Å². The minimum Gasteiger partial charge on any atom is -0.504 e. The number of phenols is 8. The normalized spacial score (nSPS) is 15.4. The number of carboxylic acids is 3. The first kappa shape index (κ1) is 35.4. The zero-order chi connectivity index (χ0) is 36.2. The molecule has 20 heteroatoms. The molecule has 1 aliphatic heterocycles. The van der Waals surface area contributed by atoms with Gasteiger partial charge in [-0.1, -0.05) is 0 Å². The molecule has 4 rings (SSSR count). The summed E-state index contributed by atoms with van der Waals surface area (Å²) in [4.78, 5) is 67.8. The van der Waals surface area contributed by atoms with Crippen LogP contribution in [0.5, 0.6) is 51.7 Å². The first-order valence-corrected chi connectivity index (χ1v) is 12.7. The van der Waals surface area contributed by atoms with Crippen molar-refractivity contribution in [3.8, 4) is 51.7 Å². The quantitative estimate of drug-likeness (QED) is 0.0646. The Bertz CT molecular complexity index is 1810. The van der Waals surface area contributed by atoms with Crippen LogP contribution in [0.15, 0.2) is 30.3 Å². The largest absolute Gasteiger partial charge is 0.504 e. The number of esters is 2. The number of aromatic carboxylic acids is 1. The maximum absolute atomic E-state index is 12.0. The predicted octanol–water partition coefficient (Wildman–Crippen LogP) is 0.864. The van der Waals surface area contributed by atoms with Gasteiger partial charge in [-0.25, -0.2) is 14.4 Å². The summed E-state index contributed by atoms with van der Waals surface area (Å²) in [5.74, 6) is -18.1. The van der Waals surface area contributed by atoms with E-state index in [1.165, 1.54) is 0 Å². The topological polar surface area (TPSA) is 353 Å². The van der Waals surface area contributed by atoms with Gasteiger partial charge in [0.1, 0.15) is 0 Å². The molecule has 3 atom stereocenters. The minimum atomic E-state index is -1.85. The Balaban J connectivity index is 0.000000261. The lowest BCUT2D eigenvalue weighted by Crippen LogP contribution is -2.41. The third-order valence-corrected chi connectivity index (χ3v) is 6.51. The van der Waals surface area contributed by atoms with Crippen LogP contribution in [-0.4, -0.2) is 98.8 Å². The zero-order valence-electron chi connectivity index (χ0n) is 23.5. The third kappa shape index (κ3) is 7.22. The lowest BCUT2D eigenvalue weighted by Gasteiger charge is -2.34. The Kier molecular flexibility index (Phi) is 10.2. The van der Waals surface area contributed by atoms with E-state index in [1.54, 1.807) is 0 Å². The summed E-state index contributed by atoms with van der Waals surface area (Å²) in [5.41, 5.74) is -1.84. The molecule has 3 aromatic rings. The average Bonchev–Trinajstić information content (AvgIpc) is 3.00. The molecule has 3 unspecified atom stereocenters. The van der Waals surface area contributed by atoms with Crippen LogP contribution < -0.4 is 4.74 Å². The standard InChI is InChI=1S/C14H12O11.C14H10O9/c15-3-24-14-9(4(12(21)22)2-7(17)18)8-5(13(23)25-14)1-6(16)10(19)11(8)20;15-7-2-6(3-8(16)11(7)18)14(22)23-10-4-5(13(20)21)1-9(17)12(10)19/h1,3-4,9,14,16,19-20H,2H2,(H,17,18)(H,21,22);1-4,15-19H,(H,20,21). The first-order valence-electron chi connectivity index (χ1n) is 12.7. The van der Waals surface area contributed by atoms with Crippen LogP contribution in [0, 0.1) is 5.92 Å². The van der Waals surface area contributed by atoms with E-state index in [-0.39, 0.29) is 6.47 Å². The van der Waals surface area contributed by atoms with Crippen LogP contribution in [0.1, 0.15) is 49.0 Å². The molecular formula is C28H22O20. The van der Waals surface area contributed by atoms with E-state index < -0.39 is 128 Å². The Hall–Kier alpha value is -7.12. The number of cyclic esters (lactones) is 1. The molecule has 0 saturated carbocycles. The Morgan fingerprint density at radius 2 is 1.29 bits per heavy atom. The number of carboxylic acid groups (broad SMARTS) is 3. The van der Waals surface area contributed by atoms with Gasteiger partial charge in [0, 0.05) is 5.56 Å². The number of rotatable bonds is 9. The number of aromatic hydroxyl groups is 8. The maximum Gasteiger partial charge on any atom is 0.343 e. The molecule has 3 aromatic carbocycles. The van der Waals surface area contributed by atoms with Crippen LogP contribution in [0.25, 0.3) is 0 Å². The Morgan fingerprint density at radius 1 is 0.750 bits per heavy atom. The maximum atomic E-state index is 12.0. The van der Waals surface area contributed by atoms with Crippen LogP contribution >= 0.6 is 0 Å². The van der Waals surface area contributed by atoms with Crippen molar-refractivity contribution < 1.29 is 99.1 Å². The highest BCUT2D eigenvalue weighted by molar-refractivity contribution is 5.96. The van der Waals surface area contributed by atoms with Crippen molar-refractivity contribution in [1.82, 2.24) is 0 Å². The number of carbonyl (C=O) groups is 6. The van der Waals surface area contributed by atoms with E-state index >= 15 is 0 Å². The van der Waals surface area contributed by atoms with Crippen molar-refractivity contribution in [2.24, 2.45) is 5.92 Å². The van der Waals surface area contributed by atoms with Crippen LogP contribution in [-0.2, 0) is 23.9 Å². The summed E-state index contributed by atoms with van der Waals surface area (Å²) in [6, 6.07) is 3.85. The van der Waals surface area contributed by atoms with Gasteiger partial charge in [0.05, 0.1) is 34.9 Å². The second-order valence-electron chi connectivity index (χ2n) is 9.53. The van der Waals surface area contributed by atoms with E-state index in [0.717, 1.165) is 30.3 Å². The number of ether oxygens (including phenoxy) is 3. The van der Waals surface area contributed by atoms with E-state index in [4.69, 9.17) is 19.7 Å². The van der Waals surface area contributed by atoms with Gasteiger partial charge in [-0.3, -0.25) is 14.4 Å². The molecule has 0 aliphatic carbocycles. The number of aliphatic carboxylic acids is 2. The molecular weight excluding hydrogens is 656 g/mol. The number of hydrogen-bond acceptors (Lipinski definition) is 17. The monoisotopic (exact) mass is 678 g/mol. The molecule has 0 radical (unpaired) electrons. The van der Waals surface area contributed by atoms with Crippen molar-refractivity contribution in [2.75, 3.05) is 0 Å². The summed E-state index contributed by atoms with van der Waals surface area (Å²) >= 11 is 0. The van der Waals surface area contributed by atoms with Crippen molar-refractivity contribution in [3.63, 3.8) is 0 Å². The van der Waals surface area contributed by atoms with E-state index in [0.29, 0.717) is 0 Å². The molecule has 254 valence electrons. The lowest BCUT2D eigenvalue weighted by atomic mass is 9.79. The van der Waals surface area contributed by atoms with Gasteiger partial charge < -0.3 is 70.4 Å². The molecule has 0 bridgehead atoms. The summed E-state index contributed by atoms with van der Waals surface area (Å²) < 4.78 is 14.0. The van der Waals surface area contributed by atoms with Gasteiger partial charge in [0.2, 0.25) is 11.5 Å². The van der Waals surface area contributed by atoms with Crippen molar-refractivity contribution in [2.45, 2.75) is 18.6 Å². The Morgan fingerprint density at radius 3 is 1.81 bits per heavy atom. The first-order chi connectivity index (χ1) is 22.4. The second kappa shape index (κ2) is 13.9. The molecule has 0 spiro atoms. The smallest absolute Gasteiger partial charge is 0.343 e. The highest BCUT2D eigenvalue weighted by atomic mass is 16.7. The van der Waals surface area contributed by atoms with Gasteiger partial charge in [-0.15, -0.1) is 0 Å². The van der Waals surface area contributed by atoms with E-state index in [9.17, 15) is 74.7 Å². The highest BCUT2D eigenvalue weighted by Crippen LogP contribution is 2.49. The number of fused-ring (bicyclic) bond motifs is 1. The number of phenolic OH excluding ortho intramolecular Hbond substituents is 8. The van der Waals surface area contributed by atoms with Crippen molar-refractivity contribution >= 4 is 36.3 Å². The molecule has 48 heavy (non-hydrogen) atoms. The number of benzene rings is 3. The fraction of sp³-hybridized carbons (Fsp3) is 0.143. The highest BCUT2D eigenvalue weighted by Gasteiger charge is 2.48. The minimum absolute atomic E-state index is 0.146. The summed E-state index contributed by atoms with van der Waals surface area (Å²) in [6.45, 7) is -0.146. The summed E-state index contributed by atoms with van der Waals surface area (Å²) in [6.07, 6.45) is -2.82. The molecule has 11 N–H and O–H groups in total. The SMILES string of the molecule is O=C(O)c1cc(O)c(O)c(OC(=O)c2cc(O)c(O)c(O)c2)c1.O=COC1OC(=O)c2cc(O)c(O)c(O)c2C1C(CC(=O)O)C(=O)O. The van der Waals surface area contributed by atoms with E-state index in [1.807, 2.05) is 0 Å². The van der Waals surface area contributed by atoms with Gasteiger partial charge in [0.15, 0.2) is 40.2 Å². The second-order valence-corrected chi connectivity index (χ2v) is 9.53. The molecule has 0 amide bonds. The van der Waals surface area contributed by atoms with Gasteiger partial charge in [0.25, 0.3) is 12.8 Å². The zero-order valence-corrected chi connectivity index (χ0v) is 23.5. The fourth-order valence-electron chi connectivity index (χ4n) is 4.33. The third-order valence-electron chi connectivity index (χ3n) is 6.51. The number of carbonyl (C=O) groups excluding carboxylic acids is 3. The fourth-order valence-corrected chi connectivity index (χ4v) is 4.33. The van der Waals surface area contributed by atoms with Crippen molar-refractivity contribution in [3.05, 3.63) is 52.6 Å². The average molecular weight is 678 g/mol. The molecule has 20 nitrogen and oxygen atoms in total. The van der Waals surface area contributed by atoms with Crippen LogP contribution in [0.3, 0.4) is 0 Å². The molecule has 0 fully saturated rings. The summed E-state index contributed by atoms with van der Waals surface area (Å²) in [5, 5.41) is 103. The van der Waals surface area contributed by atoms with Gasteiger partial charge >= 0.3 is 29.8 Å². The molecule has 0 aromatic heterocycles. The number of hydrogen-bond donors (Lipinski definition) is 11. The lowest BCUT2D eigenvalue weighted by molar-refractivity contribution is -0.169. The van der Waals surface area contributed by atoms with Crippen LogP contribution in [0.2, 0.25) is 0 Å². The molecule has 0 saturated heterocycles. The molecule has 1 heterocycles. The van der Waals surface area contributed by atoms with Crippen LogP contribution in [0.4, 0.5) is 0 Å². The van der Waals surface area contributed by atoms with E-state index in [2.05, 4.69) is 4.74 Å².